The first-order valence-corrected chi connectivity index (χ1v) is 10.9. The van der Waals surface area contributed by atoms with Crippen LogP contribution in [-0.4, -0.2) is 33.9 Å². The van der Waals surface area contributed by atoms with Gasteiger partial charge in [-0.2, -0.15) is 0 Å². The van der Waals surface area contributed by atoms with Crippen molar-refractivity contribution in [2.45, 2.75) is 25.7 Å². The SMILES string of the molecule is CCOc1ccc(OCC)c(NS(=O)(=O)c2cc(-c3cc(C)no3)ccc2OC)c1. The Balaban J connectivity index is 2.04. The fraction of sp³-hybridized carbons (Fsp3) is 0.286. The van der Waals surface area contributed by atoms with Gasteiger partial charge in [-0.05, 0) is 51.1 Å². The number of methoxy groups -OCH3 is 1. The molecule has 0 aliphatic carbocycles. The molecule has 0 radical (unpaired) electrons. The summed E-state index contributed by atoms with van der Waals surface area (Å²) in [4.78, 5) is -0.0409. The van der Waals surface area contributed by atoms with E-state index in [9.17, 15) is 8.42 Å². The molecular formula is C21H24N2O6S. The molecule has 3 aromatic rings. The highest BCUT2D eigenvalue weighted by atomic mass is 32.2. The second-order valence-electron chi connectivity index (χ2n) is 6.33. The number of sulfonamides is 1. The molecule has 1 N–H and O–H groups in total. The highest BCUT2D eigenvalue weighted by Gasteiger charge is 2.23. The lowest BCUT2D eigenvalue weighted by molar-refractivity contribution is 0.332. The van der Waals surface area contributed by atoms with E-state index in [-0.39, 0.29) is 16.3 Å². The van der Waals surface area contributed by atoms with Crippen molar-refractivity contribution in [3.63, 3.8) is 0 Å². The van der Waals surface area contributed by atoms with Gasteiger partial charge in [-0.3, -0.25) is 4.72 Å². The molecule has 0 fully saturated rings. The van der Waals surface area contributed by atoms with E-state index >= 15 is 0 Å². The largest absolute Gasteiger partial charge is 0.495 e. The average Bonchev–Trinajstić information content (AvgIpc) is 3.16. The molecule has 0 aliphatic rings. The quantitative estimate of drug-likeness (QED) is 0.539. The number of hydrogen-bond donors (Lipinski definition) is 1. The first-order chi connectivity index (χ1) is 14.4. The van der Waals surface area contributed by atoms with E-state index in [4.69, 9.17) is 18.7 Å². The molecule has 0 saturated carbocycles. The predicted octanol–water partition coefficient (Wildman–Crippen LogP) is 4.26. The van der Waals surface area contributed by atoms with Crippen molar-refractivity contribution in [1.82, 2.24) is 5.16 Å². The van der Waals surface area contributed by atoms with Crippen LogP contribution in [0.15, 0.2) is 51.9 Å². The Bertz CT molecular complexity index is 1120. The Kier molecular flexibility index (Phi) is 6.51. The number of aromatic nitrogens is 1. The fourth-order valence-corrected chi connectivity index (χ4v) is 4.12. The number of nitrogens with zero attached hydrogens (tertiary/aromatic N) is 1. The van der Waals surface area contributed by atoms with Crippen molar-refractivity contribution < 1.29 is 27.2 Å². The van der Waals surface area contributed by atoms with Gasteiger partial charge < -0.3 is 18.7 Å². The molecule has 8 nitrogen and oxygen atoms in total. The second-order valence-corrected chi connectivity index (χ2v) is 7.98. The molecule has 0 bridgehead atoms. The van der Waals surface area contributed by atoms with E-state index in [1.165, 1.54) is 13.2 Å². The zero-order chi connectivity index (χ0) is 21.7. The van der Waals surface area contributed by atoms with Crippen molar-refractivity contribution in [3.05, 3.63) is 48.2 Å². The van der Waals surface area contributed by atoms with Gasteiger partial charge in [0.1, 0.15) is 22.1 Å². The van der Waals surface area contributed by atoms with Crippen LogP contribution in [0.3, 0.4) is 0 Å². The zero-order valence-corrected chi connectivity index (χ0v) is 18.1. The highest BCUT2D eigenvalue weighted by molar-refractivity contribution is 7.92. The van der Waals surface area contributed by atoms with Gasteiger partial charge in [0, 0.05) is 17.7 Å². The van der Waals surface area contributed by atoms with E-state index in [1.54, 1.807) is 43.3 Å². The summed E-state index contributed by atoms with van der Waals surface area (Å²) in [7, 11) is -2.61. The normalized spacial score (nSPS) is 11.2. The van der Waals surface area contributed by atoms with E-state index in [0.717, 1.165) is 0 Å². The van der Waals surface area contributed by atoms with Crippen LogP contribution >= 0.6 is 0 Å². The molecule has 1 aromatic heterocycles. The molecule has 0 saturated heterocycles. The van der Waals surface area contributed by atoms with Crippen LogP contribution in [0.1, 0.15) is 19.5 Å². The number of ether oxygens (including phenoxy) is 3. The third kappa shape index (κ3) is 4.68. The number of benzene rings is 2. The van der Waals surface area contributed by atoms with Crippen molar-refractivity contribution in [1.29, 1.82) is 0 Å². The fourth-order valence-electron chi connectivity index (χ4n) is 2.87. The van der Waals surface area contributed by atoms with Crippen molar-refractivity contribution in [2.24, 2.45) is 0 Å². The topological polar surface area (TPSA) is 99.9 Å². The molecule has 0 unspecified atom stereocenters. The molecule has 3 rings (SSSR count). The average molecular weight is 432 g/mol. The minimum absolute atomic E-state index is 0.0409. The molecule has 9 heteroatoms. The van der Waals surface area contributed by atoms with Gasteiger partial charge in [0.05, 0.1) is 31.7 Å². The number of nitrogens with one attached hydrogen (secondary N) is 1. The Hall–Kier alpha value is -3.20. The van der Waals surface area contributed by atoms with Gasteiger partial charge >= 0.3 is 0 Å². The van der Waals surface area contributed by atoms with Crippen LogP contribution in [-0.2, 0) is 10.0 Å². The van der Waals surface area contributed by atoms with Crippen LogP contribution in [0.5, 0.6) is 17.2 Å². The van der Waals surface area contributed by atoms with E-state index in [0.29, 0.717) is 41.7 Å². The number of aryl methyl sites for hydroxylation is 1. The molecule has 0 amide bonds. The second kappa shape index (κ2) is 9.08. The monoisotopic (exact) mass is 432 g/mol. The lowest BCUT2D eigenvalue weighted by Gasteiger charge is -2.16. The summed E-state index contributed by atoms with van der Waals surface area (Å²) in [6.45, 7) is 6.29. The lowest BCUT2D eigenvalue weighted by atomic mass is 10.1. The van der Waals surface area contributed by atoms with Crippen LogP contribution in [0.4, 0.5) is 5.69 Å². The first-order valence-electron chi connectivity index (χ1n) is 9.42. The maximum Gasteiger partial charge on any atom is 0.265 e. The predicted molar refractivity (Wildman–Crippen MR) is 113 cm³/mol. The Labute approximate surface area is 175 Å². The third-order valence-electron chi connectivity index (χ3n) is 4.17. The summed E-state index contributed by atoms with van der Waals surface area (Å²) in [5, 5.41) is 3.85. The minimum Gasteiger partial charge on any atom is -0.495 e. The van der Waals surface area contributed by atoms with Crippen LogP contribution < -0.4 is 18.9 Å². The number of anilines is 1. The molecule has 1 heterocycles. The summed E-state index contributed by atoms with van der Waals surface area (Å²) >= 11 is 0. The standard InChI is InChI=1S/C21H24N2O6S/c1-5-27-16-8-10-18(28-6-2)17(13-16)23-30(24,25)21-12-15(7-9-19(21)26-4)20-11-14(3)22-29-20/h7-13,23H,5-6H2,1-4H3. The molecule has 0 aliphatic heterocycles. The maximum atomic E-state index is 13.3. The van der Waals surface area contributed by atoms with Gasteiger partial charge in [0.15, 0.2) is 5.76 Å². The van der Waals surface area contributed by atoms with Crippen molar-refractivity contribution in [3.8, 4) is 28.6 Å². The zero-order valence-electron chi connectivity index (χ0n) is 17.3. The van der Waals surface area contributed by atoms with Crippen molar-refractivity contribution >= 4 is 15.7 Å². The molecule has 30 heavy (non-hydrogen) atoms. The Morgan fingerprint density at radius 3 is 2.37 bits per heavy atom. The van der Waals surface area contributed by atoms with E-state index in [2.05, 4.69) is 9.88 Å². The van der Waals surface area contributed by atoms with Gasteiger partial charge in [-0.15, -0.1) is 0 Å². The molecule has 2 aromatic carbocycles. The van der Waals surface area contributed by atoms with Crippen LogP contribution in [0.2, 0.25) is 0 Å². The molecule has 0 atom stereocenters. The summed E-state index contributed by atoms with van der Waals surface area (Å²) < 4.78 is 50.7. The summed E-state index contributed by atoms with van der Waals surface area (Å²) in [6, 6.07) is 11.5. The maximum absolute atomic E-state index is 13.3. The van der Waals surface area contributed by atoms with Gasteiger partial charge in [-0.1, -0.05) is 5.16 Å². The van der Waals surface area contributed by atoms with Crippen LogP contribution in [0, 0.1) is 6.92 Å². The first kappa shape index (κ1) is 21.5. The number of rotatable bonds is 9. The van der Waals surface area contributed by atoms with Gasteiger partial charge in [0.2, 0.25) is 0 Å². The highest BCUT2D eigenvalue weighted by Crippen LogP contribution is 2.35. The molecular weight excluding hydrogens is 408 g/mol. The smallest absolute Gasteiger partial charge is 0.265 e. The summed E-state index contributed by atoms with van der Waals surface area (Å²) in [5.74, 6) is 1.57. The van der Waals surface area contributed by atoms with E-state index < -0.39 is 10.0 Å². The summed E-state index contributed by atoms with van der Waals surface area (Å²) in [5.41, 5.74) is 1.52. The summed E-state index contributed by atoms with van der Waals surface area (Å²) in [6.07, 6.45) is 0. The van der Waals surface area contributed by atoms with Crippen LogP contribution in [0.25, 0.3) is 11.3 Å². The molecule has 160 valence electrons. The number of hydrogen-bond acceptors (Lipinski definition) is 7. The van der Waals surface area contributed by atoms with Gasteiger partial charge in [-0.25, -0.2) is 8.42 Å². The van der Waals surface area contributed by atoms with E-state index in [1.807, 2.05) is 13.8 Å². The minimum atomic E-state index is -4.02. The Morgan fingerprint density at radius 1 is 1.00 bits per heavy atom. The molecule has 0 spiro atoms. The Morgan fingerprint density at radius 2 is 1.73 bits per heavy atom. The lowest BCUT2D eigenvalue weighted by Crippen LogP contribution is -2.15. The van der Waals surface area contributed by atoms with Gasteiger partial charge in [0.25, 0.3) is 10.0 Å². The third-order valence-corrected chi connectivity index (χ3v) is 5.56. The van der Waals surface area contributed by atoms with Crippen molar-refractivity contribution in [2.75, 3.05) is 25.0 Å².